The molecular weight excluding hydrogens is 452 g/mol. The quantitative estimate of drug-likeness (QED) is 0.403. The number of amides is 2. The van der Waals surface area contributed by atoms with Crippen LogP contribution >= 0.6 is 0 Å². The van der Waals surface area contributed by atoms with Gasteiger partial charge in [0.2, 0.25) is 11.7 Å². The van der Waals surface area contributed by atoms with Crippen molar-refractivity contribution in [2.45, 2.75) is 39.5 Å². The first-order chi connectivity index (χ1) is 16.8. The molecular formula is C25H28N4O6. The second-order valence-corrected chi connectivity index (χ2v) is 8.35. The van der Waals surface area contributed by atoms with Gasteiger partial charge in [-0.25, -0.2) is 9.59 Å². The second-order valence-electron chi connectivity index (χ2n) is 8.35. The summed E-state index contributed by atoms with van der Waals surface area (Å²) in [4.78, 5) is 49.5. The van der Waals surface area contributed by atoms with Crippen molar-refractivity contribution in [3.63, 3.8) is 0 Å². The van der Waals surface area contributed by atoms with Crippen LogP contribution in [0.25, 0.3) is 0 Å². The van der Waals surface area contributed by atoms with Gasteiger partial charge in [-0.15, -0.1) is 5.10 Å². The third-order valence-corrected chi connectivity index (χ3v) is 4.96. The summed E-state index contributed by atoms with van der Waals surface area (Å²) in [6, 6.07) is 17.3. The molecule has 0 bridgehead atoms. The van der Waals surface area contributed by atoms with Crippen molar-refractivity contribution in [2.24, 2.45) is 5.92 Å². The van der Waals surface area contributed by atoms with Crippen LogP contribution < -0.4 is 16.4 Å². The molecule has 0 unspecified atom stereocenters. The predicted octanol–water partition coefficient (Wildman–Crippen LogP) is 2.52. The van der Waals surface area contributed by atoms with Crippen LogP contribution in [0.3, 0.4) is 0 Å². The zero-order chi connectivity index (χ0) is 25.2. The molecule has 1 heterocycles. The summed E-state index contributed by atoms with van der Waals surface area (Å²) in [6.45, 7) is 3.59. The molecule has 0 saturated heterocycles. The fourth-order valence-corrected chi connectivity index (χ4v) is 3.29. The van der Waals surface area contributed by atoms with Crippen LogP contribution in [0.1, 0.15) is 42.1 Å². The van der Waals surface area contributed by atoms with Gasteiger partial charge in [0, 0.05) is 0 Å². The molecule has 0 aliphatic carbocycles. The summed E-state index contributed by atoms with van der Waals surface area (Å²) in [6.07, 6.45) is -0.473. The van der Waals surface area contributed by atoms with Crippen molar-refractivity contribution < 1.29 is 23.5 Å². The lowest BCUT2D eigenvalue weighted by atomic mass is 10.00. The number of ketones is 1. The minimum atomic E-state index is -0.979. The number of carbonyl (C=O) groups excluding carboxylic acids is 3. The van der Waals surface area contributed by atoms with Crippen molar-refractivity contribution in [2.75, 3.05) is 6.54 Å². The molecule has 35 heavy (non-hydrogen) atoms. The first-order valence-corrected chi connectivity index (χ1v) is 11.2. The lowest BCUT2D eigenvalue weighted by Gasteiger charge is -2.18. The maximum Gasteiger partial charge on any atom is 0.437 e. The molecule has 3 rings (SSSR count). The number of nitrogens with one attached hydrogen (secondary N) is 2. The normalized spacial score (nSPS) is 11.6. The molecule has 0 aliphatic rings. The molecule has 10 heteroatoms. The lowest BCUT2D eigenvalue weighted by molar-refractivity contribution is -0.120. The molecule has 0 aliphatic heterocycles. The van der Waals surface area contributed by atoms with Gasteiger partial charge in [-0.3, -0.25) is 9.59 Å². The van der Waals surface area contributed by atoms with Crippen molar-refractivity contribution in [1.29, 1.82) is 0 Å². The number of alkyl carbamates (subject to hydrolysis) is 1. The van der Waals surface area contributed by atoms with Crippen LogP contribution in [-0.2, 0) is 22.7 Å². The van der Waals surface area contributed by atoms with Crippen molar-refractivity contribution >= 4 is 17.8 Å². The zero-order valence-corrected chi connectivity index (χ0v) is 19.6. The van der Waals surface area contributed by atoms with E-state index in [1.54, 1.807) is 0 Å². The number of aromatic nitrogens is 2. The number of rotatable bonds is 11. The van der Waals surface area contributed by atoms with Crippen LogP contribution in [0.5, 0.6) is 0 Å². The number of ether oxygens (including phenoxy) is 1. The molecule has 2 amide bonds. The van der Waals surface area contributed by atoms with E-state index in [4.69, 9.17) is 9.15 Å². The minimum Gasteiger partial charge on any atom is -0.445 e. The van der Waals surface area contributed by atoms with E-state index in [0.717, 1.165) is 15.8 Å². The maximum atomic E-state index is 13.0. The SMILES string of the molecule is CC(C)C[C@H](NC(=O)CNC(=O)OCc1ccccc1)C(=O)c1nn(Cc2ccccc2)c(=O)o1. The molecule has 10 nitrogen and oxygen atoms in total. The van der Waals surface area contributed by atoms with E-state index < -0.39 is 29.6 Å². The topological polar surface area (TPSA) is 133 Å². The molecule has 2 N–H and O–H groups in total. The highest BCUT2D eigenvalue weighted by Gasteiger charge is 2.28. The molecule has 0 radical (unpaired) electrons. The molecule has 0 fully saturated rings. The van der Waals surface area contributed by atoms with E-state index in [2.05, 4.69) is 15.7 Å². The van der Waals surface area contributed by atoms with Crippen LogP contribution in [0.2, 0.25) is 0 Å². The number of benzene rings is 2. The van der Waals surface area contributed by atoms with Crippen LogP contribution in [-0.4, -0.2) is 40.2 Å². The largest absolute Gasteiger partial charge is 0.445 e. The first-order valence-electron chi connectivity index (χ1n) is 11.2. The number of nitrogens with zero attached hydrogens (tertiary/aromatic N) is 2. The van der Waals surface area contributed by atoms with E-state index in [9.17, 15) is 19.2 Å². The Balaban J connectivity index is 1.57. The van der Waals surface area contributed by atoms with Crippen molar-refractivity contribution in [3.8, 4) is 0 Å². The fourth-order valence-electron chi connectivity index (χ4n) is 3.29. The third kappa shape index (κ3) is 7.95. The molecule has 0 spiro atoms. The van der Waals surface area contributed by atoms with Gasteiger partial charge >= 0.3 is 11.8 Å². The van der Waals surface area contributed by atoms with Gasteiger partial charge in [-0.1, -0.05) is 74.5 Å². The summed E-state index contributed by atoms with van der Waals surface area (Å²) in [7, 11) is 0. The Morgan fingerprint density at radius 2 is 1.63 bits per heavy atom. The van der Waals surface area contributed by atoms with Crippen LogP contribution in [0.15, 0.2) is 69.9 Å². The van der Waals surface area contributed by atoms with Crippen LogP contribution in [0, 0.1) is 5.92 Å². The van der Waals surface area contributed by atoms with Gasteiger partial charge in [-0.2, -0.15) is 4.68 Å². The predicted molar refractivity (Wildman–Crippen MR) is 127 cm³/mol. The van der Waals surface area contributed by atoms with E-state index in [-0.39, 0.29) is 37.9 Å². The Kier molecular flexibility index (Phi) is 8.94. The van der Waals surface area contributed by atoms with Crippen LogP contribution in [0.4, 0.5) is 4.79 Å². The lowest BCUT2D eigenvalue weighted by Crippen LogP contribution is -2.46. The summed E-state index contributed by atoms with van der Waals surface area (Å²) in [5.74, 6) is -2.32. The Labute approximate surface area is 202 Å². The zero-order valence-electron chi connectivity index (χ0n) is 19.6. The molecule has 1 atom stereocenters. The van der Waals surface area contributed by atoms with E-state index >= 15 is 0 Å². The number of hydrogen-bond donors (Lipinski definition) is 2. The highest BCUT2D eigenvalue weighted by atomic mass is 16.5. The Bertz CT molecular complexity index is 1190. The monoisotopic (exact) mass is 480 g/mol. The van der Waals surface area contributed by atoms with Gasteiger partial charge < -0.3 is 19.8 Å². The fraction of sp³-hybridized carbons (Fsp3) is 0.320. The summed E-state index contributed by atoms with van der Waals surface area (Å²) >= 11 is 0. The summed E-state index contributed by atoms with van der Waals surface area (Å²) in [5.41, 5.74) is 1.63. The number of Topliss-reactive ketones (excluding diaryl/α,β-unsaturated/α-hetero) is 1. The molecule has 0 saturated carbocycles. The maximum absolute atomic E-state index is 13.0. The highest BCUT2D eigenvalue weighted by Crippen LogP contribution is 2.10. The molecule has 1 aromatic heterocycles. The summed E-state index contributed by atoms with van der Waals surface area (Å²) < 4.78 is 11.2. The smallest absolute Gasteiger partial charge is 0.437 e. The second kappa shape index (κ2) is 12.3. The van der Waals surface area contributed by atoms with Gasteiger partial charge in [0.25, 0.3) is 5.89 Å². The van der Waals surface area contributed by atoms with Gasteiger partial charge in [0.15, 0.2) is 0 Å². The Hall–Kier alpha value is -4.21. The standard InChI is InChI=1S/C25H28N4O6/c1-17(2)13-20(27-21(30)14-26-24(32)34-16-19-11-7-4-8-12-19)22(31)23-28-29(25(33)35-23)15-18-9-5-3-6-10-18/h3-12,17,20H,13-16H2,1-2H3,(H,26,32)(H,27,30)/t20-/m0/s1. The average molecular weight is 481 g/mol. The Morgan fingerprint density at radius 3 is 2.26 bits per heavy atom. The summed E-state index contributed by atoms with van der Waals surface area (Å²) in [5, 5.41) is 8.95. The molecule has 2 aromatic carbocycles. The van der Waals surface area contributed by atoms with Gasteiger partial charge in [-0.05, 0) is 23.5 Å². The van der Waals surface area contributed by atoms with Gasteiger partial charge in [0.1, 0.15) is 13.2 Å². The van der Waals surface area contributed by atoms with E-state index in [1.165, 1.54) is 0 Å². The van der Waals surface area contributed by atoms with Crippen molar-refractivity contribution in [1.82, 2.24) is 20.4 Å². The number of carbonyl (C=O) groups is 3. The van der Waals surface area contributed by atoms with Crippen molar-refractivity contribution in [3.05, 3.63) is 88.2 Å². The Morgan fingerprint density at radius 1 is 1.00 bits per heavy atom. The molecule has 3 aromatic rings. The minimum absolute atomic E-state index is 0.0474. The highest BCUT2D eigenvalue weighted by molar-refractivity contribution is 5.98. The third-order valence-electron chi connectivity index (χ3n) is 4.96. The average Bonchev–Trinajstić information content (AvgIpc) is 3.21. The first kappa shape index (κ1) is 25.4. The molecule has 184 valence electrons. The van der Waals surface area contributed by atoms with E-state index in [1.807, 2.05) is 74.5 Å². The number of hydrogen-bond acceptors (Lipinski definition) is 7. The van der Waals surface area contributed by atoms with E-state index in [0.29, 0.717) is 0 Å². The van der Waals surface area contributed by atoms with Gasteiger partial charge in [0.05, 0.1) is 12.6 Å².